The lowest BCUT2D eigenvalue weighted by atomic mass is 10.1. The monoisotopic (exact) mass is 343 g/mol. The molecule has 0 aromatic heterocycles. The molecule has 0 aliphatic carbocycles. The molecule has 1 aromatic carbocycles. The van der Waals surface area contributed by atoms with Crippen LogP contribution in [-0.4, -0.2) is 38.1 Å². The Balaban J connectivity index is 2.72. The second-order valence-electron chi connectivity index (χ2n) is 4.24. The molecule has 0 aliphatic heterocycles. The van der Waals surface area contributed by atoms with Crippen molar-refractivity contribution in [3.8, 4) is 5.75 Å². The maximum atomic E-state index is 11.8. The lowest BCUT2D eigenvalue weighted by molar-refractivity contribution is -0.127. The smallest absolute Gasteiger partial charge is 0.260 e. The van der Waals surface area contributed by atoms with Gasteiger partial charge in [-0.25, -0.2) is 0 Å². The molecule has 1 aromatic rings. The molecule has 110 valence electrons. The van der Waals surface area contributed by atoms with Crippen molar-refractivity contribution in [3.63, 3.8) is 0 Å². The van der Waals surface area contributed by atoms with Crippen LogP contribution >= 0.6 is 15.9 Å². The van der Waals surface area contributed by atoms with E-state index in [0.29, 0.717) is 24.5 Å². The molecule has 5 nitrogen and oxygen atoms in total. The molecule has 0 fully saturated rings. The lowest BCUT2D eigenvalue weighted by Gasteiger charge is -2.16. The molecule has 1 N–H and O–H groups in total. The van der Waals surface area contributed by atoms with E-state index in [2.05, 4.69) is 21.2 Å². The molecule has 0 spiro atoms. The van der Waals surface area contributed by atoms with Gasteiger partial charge in [-0.1, -0.05) is 15.9 Å². The summed E-state index contributed by atoms with van der Waals surface area (Å²) >= 11 is 3.30. The topological polar surface area (TPSA) is 64.6 Å². The van der Waals surface area contributed by atoms with Gasteiger partial charge in [0.2, 0.25) is 0 Å². The molecular weight excluding hydrogens is 326 g/mol. The summed E-state index contributed by atoms with van der Waals surface area (Å²) in [5, 5.41) is 2.68. The van der Waals surface area contributed by atoms with Crippen molar-refractivity contribution in [2.24, 2.45) is 0 Å². The summed E-state index contributed by atoms with van der Waals surface area (Å²) in [5.74, 6) is 0.0304. The van der Waals surface area contributed by atoms with Gasteiger partial charge in [0, 0.05) is 18.1 Å². The minimum atomic E-state index is -0.689. The predicted molar refractivity (Wildman–Crippen MR) is 79.1 cm³/mol. The largest absolute Gasteiger partial charge is 0.480 e. The van der Waals surface area contributed by atoms with Crippen LogP contribution < -0.4 is 10.1 Å². The van der Waals surface area contributed by atoms with Gasteiger partial charge in [0.15, 0.2) is 11.9 Å². The minimum Gasteiger partial charge on any atom is -0.480 e. The number of benzene rings is 1. The molecule has 1 atom stereocenters. The Bertz CT molecular complexity index is 490. The number of ketones is 1. The van der Waals surface area contributed by atoms with Crippen molar-refractivity contribution in [3.05, 3.63) is 28.2 Å². The molecule has 1 amide bonds. The van der Waals surface area contributed by atoms with Crippen LogP contribution in [-0.2, 0) is 9.53 Å². The highest BCUT2D eigenvalue weighted by molar-refractivity contribution is 9.10. The first kappa shape index (κ1) is 16.7. The van der Waals surface area contributed by atoms with Crippen LogP contribution in [0.4, 0.5) is 0 Å². The molecule has 20 heavy (non-hydrogen) atoms. The zero-order valence-electron chi connectivity index (χ0n) is 11.7. The Morgan fingerprint density at radius 1 is 1.40 bits per heavy atom. The van der Waals surface area contributed by atoms with Gasteiger partial charge >= 0.3 is 0 Å². The van der Waals surface area contributed by atoms with Crippen LogP contribution in [0.1, 0.15) is 24.2 Å². The number of carbonyl (C=O) groups excluding carboxylic acids is 2. The summed E-state index contributed by atoms with van der Waals surface area (Å²) in [6, 6.07) is 5.10. The Morgan fingerprint density at radius 3 is 2.70 bits per heavy atom. The van der Waals surface area contributed by atoms with Gasteiger partial charge in [-0.2, -0.15) is 0 Å². The van der Waals surface area contributed by atoms with Gasteiger partial charge in [0.25, 0.3) is 5.91 Å². The van der Waals surface area contributed by atoms with Crippen LogP contribution in [0.25, 0.3) is 0 Å². The maximum absolute atomic E-state index is 11.8. The van der Waals surface area contributed by atoms with E-state index >= 15 is 0 Å². The van der Waals surface area contributed by atoms with E-state index in [4.69, 9.17) is 9.47 Å². The van der Waals surface area contributed by atoms with E-state index in [0.717, 1.165) is 4.47 Å². The molecule has 0 heterocycles. The number of rotatable bonds is 7. The molecule has 0 bridgehead atoms. The Labute approximate surface area is 126 Å². The number of methoxy groups -OCH3 is 1. The number of Topliss-reactive ketones (excluding diaryl/α,β-unsaturated/α-hetero) is 1. The quantitative estimate of drug-likeness (QED) is 0.608. The number of halogens is 1. The highest BCUT2D eigenvalue weighted by Gasteiger charge is 2.17. The van der Waals surface area contributed by atoms with Gasteiger partial charge < -0.3 is 14.8 Å². The van der Waals surface area contributed by atoms with Crippen molar-refractivity contribution in [1.82, 2.24) is 5.32 Å². The third-order valence-corrected chi connectivity index (χ3v) is 3.09. The third kappa shape index (κ3) is 4.94. The van der Waals surface area contributed by atoms with E-state index in [1.807, 2.05) is 0 Å². The molecule has 0 radical (unpaired) electrons. The number of nitrogens with one attached hydrogen (secondary N) is 1. The second kappa shape index (κ2) is 8.01. The van der Waals surface area contributed by atoms with Crippen LogP contribution in [0.15, 0.2) is 22.7 Å². The third-order valence-electron chi connectivity index (χ3n) is 2.60. The summed E-state index contributed by atoms with van der Waals surface area (Å²) in [6.07, 6.45) is -0.689. The second-order valence-corrected chi connectivity index (χ2v) is 5.16. The van der Waals surface area contributed by atoms with Crippen molar-refractivity contribution in [1.29, 1.82) is 0 Å². The van der Waals surface area contributed by atoms with Crippen LogP contribution in [0.5, 0.6) is 5.75 Å². The zero-order chi connectivity index (χ0) is 15.1. The summed E-state index contributed by atoms with van der Waals surface area (Å²) in [4.78, 5) is 23.3. The van der Waals surface area contributed by atoms with Gasteiger partial charge in [0.05, 0.1) is 12.2 Å². The van der Waals surface area contributed by atoms with Crippen molar-refractivity contribution < 1.29 is 19.1 Å². The van der Waals surface area contributed by atoms with Gasteiger partial charge in [-0.15, -0.1) is 0 Å². The zero-order valence-corrected chi connectivity index (χ0v) is 13.3. The van der Waals surface area contributed by atoms with E-state index in [9.17, 15) is 9.59 Å². The number of carbonyl (C=O) groups is 2. The number of ether oxygens (including phenoxy) is 2. The summed E-state index contributed by atoms with van der Waals surface area (Å²) in [7, 11) is 1.56. The molecule has 0 saturated carbocycles. The van der Waals surface area contributed by atoms with Crippen molar-refractivity contribution in [2.45, 2.75) is 20.0 Å². The number of hydrogen-bond acceptors (Lipinski definition) is 4. The van der Waals surface area contributed by atoms with Gasteiger partial charge in [0.1, 0.15) is 5.75 Å². The van der Waals surface area contributed by atoms with Crippen molar-refractivity contribution in [2.75, 3.05) is 20.3 Å². The molecule has 0 aliphatic rings. The predicted octanol–water partition coefficient (Wildman–Crippen LogP) is 2.18. The fraction of sp³-hybridized carbons (Fsp3) is 0.429. The highest BCUT2D eigenvalue weighted by Crippen LogP contribution is 2.24. The van der Waals surface area contributed by atoms with Crippen LogP contribution in [0.3, 0.4) is 0 Å². The maximum Gasteiger partial charge on any atom is 0.260 e. The highest BCUT2D eigenvalue weighted by atomic mass is 79.9. The Hall–Kier alpha value is -1.40. The first-order chi connectivity index (χ1) is 9.45. The van der Waals surface area contributed by atoms with E-state index in [1.54, 1.807) is 32.2 Å². The average molecular weight is 344 g/mol. The van der Waals surface area contributed by atoms with E-state index in [1.165, 1.54) is 6.92 Å². The molecule has 1 rings (SSSR count). The van der Waals surface area contributed by atoms with E-state index < -0.39 is 6.10 Å². The molecule has 6 heteroatoms. The summed E-state index contributed by atoms with van der Waals surface area (Å²) in [6.45, 7) is 3.95. The SMILES string of the molecule is COCCNC(=O)C(C)Oc1ccc(Br)cc1C(C)=O. The fourth-order valence-electron chi connectivity index (χ4n) is 1.54. The molecular formula is C14H18BrNO4. The molecule has 1 unspecified atom stereocenters. The lowest BCUT2D eigenvalue weighted by Crippen LogP contribution is -2.38. The average Bonchev–Trinajstić information content (AvgIpc) is 2.40. The van der Waals surface area contributed by atoms with Gasteiger partial charge in [-0.3, -0.25) is 9.59 Å². The number of amides is 1. The van der Waals surface area contributed by atoms with Crippen LogP contribution in [0.2, 0.25) is 0 Å². The summed E-state index contributed by atoms with van der Waals surface area (Å²) in [5.41, 5.74) is 0.441. The Morgan fingerprint density at radius 2 is 2.10 bits per heavy atom. The normalized spacial score (nSPS) is 11.8. The summed E-state index contributed by atoms with van der Waals surface area (Å²) < 4.78 is 11.2. The first-order valence-electron chi connectivity index (χ1n) is 6.19. The minimum absolute atomic E-state index is 0.117. The number of hydrogen-bond donors (Lipinski definition) is 1. The van der Waals surface area contributed by atoms with Crippen molar-refractivity contribution >= 4 is 27.6 Å². The van der Waals surface area contributed by atoms with Crippen LogP contribution in [0, 0.1) is 0 Å². The Kier molecular flexibility index (Phi) is 6.67. The molecule has 0 saturated heterocycles. The first-order valence-corrected chi connectivity index (χ1v) is 6.98. The van der Waals surface area contributed by atoms with Gasteiger partial charge in [-0.05, 0) is 32.0 Å². The fourth-order valence-corrected chi connectivity index (χ4v) is 1.91. The standard InChI is InChI=1S/C14H18BrNO4/c1-9(17)12-8-11(15)4-5-13(12)20-10(2)14(18)16-6-7-19-3/h4-5,8,10H,6-7H2,1-3H3,(H,16,18). The van der Waals surface area contributed by atoms with E-state index in [-0.39, 0.29) is 11.7 Å².